The average Bonchev–Trinajstić information content (AvgIpc) is 2.86. The molecule has 1 heterocycles. The second kappa shape index (κ2) is 7.09. The lowest BCUT2D eigenvalue weighted by atomic mass is 10.2. The summed E-state index contributed by atoms with van der Waals surface area (Å²) in [5, 5.41) is 18.6. The van der Waals surface area contributed by atoms with Crippen molar-refractivity contribution < 1.29 is 19.8 Å². The number of carboxylic acids is 1. The summed E-state index contributed by atoms with van der Waals surface area (Å²) >= 11 is 5.56. The van der Waals surface area contributed by atoms with Crippen LogP contribution in [0.25, 0.3) is 0 Å². The second-order valence-corrected chi connectivity index (χ2v) is 6.66. The van der Waals surface area contributed by atoms with Crippen molar-refractivity contribution in [3.8, 4) is 5.75 Å². The van der Waals surface area contributed by atoms with Crippen LogP contribution in [0.5, 0.6) is 5.75 Å². The Hall–Kier alpha value is -1.34. The van der Waals surface area contributed by atoms with Crippen LogP contribution in [0.4, 0.5) is 0 Å². The largest absolute Gasteiger partial charge is 0.508 e. The van der Waals surface area contributed by atoms with Gasteiger partial charge in [0, 0.05) is 23.1 Å². The zero-order chi connectivity index (χ0) is 15.4. The predicted molar refractivity (Wildman–Crippen MR) is 84.0 cm³/mol. The third-order valence-corrected chi connectivity index (χ3v) is 4.78. The minimum atomic E-state index is -0.962. The Labute approximate surface area is 132 Å². The number of amides is 1. The first-order valence-corrected chi connectivity index (χ1v) is 8.11. The van der Waals surface area contributed by atoms with Crippen molar-refractivity contribution >= 4 is 36.3 Å². The van der Waals surface area contributed by atoms with E-state index in [1.165, 1.54) is 16.7 Å². The van der Waals surface area contributed by atoms with Crippen LogP contribution in [0.1, 0.15) is 12.8 Å². The van der Waals surface area contributed by atoms with Crippen LogP contribution in [0.3, 0.4) is 0 Å². The number of thiol groups is 1. The molecule has 0 spiro atoms. The molecule has 5 nitrogen and oxygen atoms in total. The van der Waals surface area contributed by atoms with Crippen molar-refractivity contribution in [3.05, 3.63) is 24.3 Å². The first kappa shape index (κ1) is 16.0. The molecule has 2 rings (SSSR count). The van der Waals surface area contributed by atoms with E-state index in [1.54, 1.807) is 24.3 Å². The van der Waals surface area contributed by atoms with Gasteiger partial charge in [0.05, 0.1) is 0 Å². The first-order valence-electron chi connectivity index (χ1n) is 6.60. The van der Waals surface area contributed by atoms with Crippen molar-refractivity contribution in [3.63, 3.8) is 0 Å². The standard InChI is InChI=1S/C14H17NO4S2/c16-9-1-3-10(4-2-9)21-11-7-12(14(18)19)15(8-11)13(17)5-6-20/h1-4,11-12,16,20H,5-8H2,(H,18,19)/t11-,12-/m0/s1. The van der Waals surface area contributed by atoms with Gasteiger partial charge in [-0.05, 0) is 36.4 Å². The molecular weight excluding hydrogens is 310 g/mol. The van der Waals surface area contributed by atoms with Crippen LogP contribution in [-0.2, 0) is 9.59 Å². The Kier molecular flexibility index (Phi) is 5.41. The number of hydrogen-bond acceptors (Lipinski definition) is 5. The highest BCUT2D eigenvalue weighted by Gasteiger charge is 2.39. The highest BCUT2D eigenvalue weighted by atomic mass is 32.2. The monoisotopic (exact) mass is 327 g/mol. The molecule has 1 saturated heterocycles. The lowest BCUT2D eigenvalue weighted by Gasteiger charge is -2.20. The van der Waals surface area contributed by atoms with E-state index in [0.717, 1.165) is 4.90 Å². The summed E-state index contributed by atoms with van der Waals surface area (Å²) < 4.78 is 0. The molecule has 1 aliphatic heterocycles. The fourth-order valence-corrected chi connectivity index (χ4v) is 3.73. The molecule has 2 atom stereocenters. The molecule has 0 aliphatic carbocycles. The van der Waals surface area contributed by atoms with Crippen molar-refractivity contribution in [1.29, 1.82) is 0 Å². The Morgan fingerprint density at radius 2 is 2.00 bits per heavy atom. The van der Waals surface area contributed by atoms with E-state index in [2.05, 4.69) is 12.6 Å². The molecule has 0 saturated carbocycles. The zero-order valence-corrected chi connectivity index (χ0v) is 13.0. The van der Waals surface area contributed by atoms with Gasteiger partial charge >= 0.3 is 5.97 Å². The van der Waals surface area contributed by atoms with Crippen molar-refractivity contribution in [2.75, 3.05) is 12.3 Å². The minimum absolute atomic E-state index is 0.0412. The number of carbonyl (C=O) groups is 2. The van der Waals surface area contributed by atoms with Crippen molar-refractivity contribution in [1.82, 2.24) is 4.90 Å². The Morgan fingerprint density at radius 1 is 1.33 bits per heavy atom. The van der Waals surface area contributed by atoms with Crippen LogP contribution in [0.2, 0.25) is 0 Å². The van der Waals surface area contributed by atoms with Crippen molar-refractivity contribution in [2.45, 2.75) is 29.0 Å². The van der Waals surface area contributed by atoms with Gasteiger partial charge in [-0.1, -0.05) is 0 Å². The van der Waals surface area contributed by atoms with E-state index in [9.17, 15) is 19.8 Å². The molecule has 0 aromatic heterocycles. The zero-order valence-electron chi connectivity index (χ0n) is 11.3. The third-order valence-electron chi connectivity index (χ3n) is 3.33. The van der Waals surface area contributed by atoms with Crippen molar-refractivity contribution in [2.24, 2.45) is 0 Å². The molecule has 1 fully saturated rings. The summed E-state index contributed by atoms with van der Waals surface area (Å²) in [6.45, 7) is 0.426. The quantitative estimate of drug-likeness (QED) is 0.720. The van der Waals surface area contributed by atoms with E-state index in [4.69, 9.17) is 0 Å². The number of nitrogens with zero attached hydrogens (tertiary/aromatic N) is 1. The van der Waals surface area contributed by atoms with Gasteiger partial charge < -0.3 is 15.1 Å². The van der Waals surface area contributed by atoms with Crippen LogP contribution in [0.15, 0.2) is 29.2 Å². The summed E-state index contributed by atoms with van der Waals surface area (Å²) in [6, 6.07) is 6.00. The van der Waals surface area contributed by atoms with Gasteiger partial charge in [-0.3, -0.25) is 4.79 Å². The normalized spacial score (nSPS) is 21.5. The van der Waals surface area contributed by atoms with Crippen LogP contribution >= 0.6 is 24.4 Å². The number of rotatable bonds is 5. The number of aromatic hydroxyl groups is 1. The SMILES string of the molecule is O=C(O)[C@@H]1C[C@H](Sc2ccc(O)cc2)CN1C(=O)CCS. The third kappa shape index (κ3) is 4.07. The number of thioether (sulfide) groups is 1. The van der Waals surface area contributed by atoms with Gasteiger partial charge in [-0.2, -0.15) is 12.6 Å². The molecule has 2 N–H and O–H groups in total. The van der Waals surface area contributed by atoms with Gasteiger partial charge in [0.1, 0.15) is 11.8 Å². The van der Waals surface area contributed by atoms with E-state index >= 15 is 0 Å². The number of likely N-dealkylation sites (tertiary alicyclic amines) is 1. The maximum absolute atomic E-state index is 12.0. The van der Waals surface area contributed by atoms with E-state index in [0.29, 0.717) is 18.7 Å². The maximum Gasteiger partial charge on any atom is 0.326 e. The average molecular weight is 327 g/mol. The second-order valence-electron chi connectivity index (χ2n) is 4.84. The van der Waals surface area contributed by atoms with Gasteiger partial charge in [-0.15, -0.1) is 11.8 Å². The summed E-state index contributed by atoms with van der Waals surface area (Å²) in [6.07, 6.45) is 0.683. The van der Waals surface area contributed by atoms with E-state index in [1.807, 2.05) is 0 Å². The van der Waals surface area contributed by atoms with Crippen LogP contribution in [0, 0.1) is 0 Å². The lowest BCUT2D eigenvalue weighted by molar-refractivity contribution is -0.148. The van der Waals surface area contributed by atoms with Gasteiger partial charge in [0.25, 0.3) is 0 Å². The smallest absolute Gasteiger partial charge is 0.326 e. The predicted octanol–water partition coefficient (Wildman–Crippen LogP) is 1.86. The topological polar surface area (TPSA) is 77.8 Å². The summed E-state index contributed by atoms with van der Waals surface area (Å²) in [5.74, 6) is -0.514. The summed E-state index contributed by atoms with van der Waals surface area (Å²) in [7, 11) is 0. The molecule has 114 valence electrons. The Morgan fingerprint density at radius 3 is 2.57 bits per heavy atom. The number of carbonyl (C=O) groups excluding carboxylic acids is 1. The molecule has 21 heavy (non-hydrogen) atoms. The van der Waals surface area contributed by atoms with Gasteiger partial charge in [0.2, 0.25) is 5.91 Å². The fraction of sp³-hybridized carbons (Fsp3) is 0.429. The maximum atomic E-state index is 12.0. The molecule has 0 unspecified atom stereocenters. The lowest BCUT2D eigenvalue weighted by Crippen LogP contribution is -2.40. The molecule has 1 amide bonds. The van der Waals surface area contributed by atoms with Crippen LogP contribution < -0.4 is 0 Å². The molecule has 1 aliphatic rings. The molecular formula is C14H17NO4S2. The first-order chi connectivity index (χ1) is 10.0. The summed E-state index contributed by atoms with van der Waals surface area (Å²) in [4.78, 5) is 25.7. The molecule has 7 heteroatoms. The fourth-order valence-electron chi connectivity index (χ4n) is 2.35. The van der Waals surface area contributed by atoms with E-state index in [-0.39, 0.29) is 23.3 Å². The highest BCUT2D eigenvalue weighted by Crippen LogP contribution is 2.34. The van der Waals surface area contributed by atoms with Gasteiger partial charge in [0.15, 0.2) is 0 Å². The number of phenolic OH excluding ortho intramolecular Hbond substituents is 1. The van der Waals surface area contributed by atoms with Crippen LogP contribution in [-0.4, -0.2) is 50.6 Å². The van der Waals surface area contributed by atoms with Gasteiger partial charge in [-0.25, -0.2) is 4.79 Å². The Bertz CT molecular complexity index is 520. The molecule has 1 aromatic carbocycles. The van der Waals surface area contributed by atoms with E-state index < -0.39 is 12.0 Å². The number of carboxylic acid groups (broad SMARTS) is 1. The highest BCUT2D eigenvalue weighted by molar-refractivity contribution is 8.00. The number of aliphatic carboxylic acids is 1. The number of phenols is 1. The Balaban J connectivity index is 2.04. The molecule has 0 bridgehead atoms. The number of hydrogen-bond donors (Lipinski definition) is 3. The molecule has 1 aromatic rings. The molecule has 0 radical (unpaired) electrons. The summed E-state index contributed by atoms with van der Waals surface area (Å²) in [5.41, 5.74) is 0. The minimum Gasteiger partial charge on any atom is -0.508 e. The number of benzene rings is 1.